The summed E-state index contributed by atoms with van der Waals surface area (Å²) in [6, 6.07) is 15.1. The third-order valence-corrected chi connectivity index (χ3v) is 4.63. The number of carbonyl (C=O) groups excluding carboxylic acids is 1. The fourth-order valence-corrected chi connectivity index (χ4v) is 3.14. The Morgan fingerprint density at radius 3 is 2.63 bits per heavy atom. The minimum atomic E-state index is -0.144. The van der Waals surface area contributed by atoms with Gasteiger partial charge in [-0.25, -0.2) is 0 Å². The molecule has 1 amide bonds. The van der Waals surface area contributed by atoms with Crippen LogP contribution in [0.2, 0.25) is 0 Å². The molecule has 1 aliphatic rings. The van der Waals surface area contributed by atoms with Crippen molar-refractivity contribution in [2.45, 2.75) is 0 Å². The predicted octanol–water partition coefficient (Wildman–Crippen LogP) is 2.71. The first-order chi connectivity index (χ1) is 13.2. The quantitative estimate of drug-likeness (QED) is 0.709. The fraction of sp³-hybridized carbons (Fsp3) is 0.250. The summed E-state index contributed by atoms with van der Waals surface area (Å²) in [4.78, 5) is 21.0. The van der Waals surface area contributed by atoms with Gasteiger partial charge in [0.25, 0.3) is 5.91 Å². The highest BCUT2D eigenvalue weighted by molar-refractivity contribution is 5.92. The Balaban J connectivity index is 1.41. The van der Waals surface area contributed by atoms with Crippen LogP contribution in [0.4, 0.5) is 5.69 Å². The number of methoxy groups -OCH3 is 1. The van der Waals surface area contributed by atoms with Crippen molar-refractivity contribution in [3.63, 3.8) is 0 Å². The van der Waals surface area contributed by atoms with Crippen molar-refractivity contribution in [1.82, 2.24) is 15.0 Å². The zero-order chi connectivity index (χ0) is 18.6. The van der Waals surface area contributed by atoms with E-state index in [2.05, 4.69) is 21.1 Å². The van der Waals surface area contributed by atoms with Crippen molar-refractivity contribution in [2.75, 3.05) is 38.2 Å². The van der Waals surface area contributed by atoms with E-state index in [1.54, 1.807) is 24.3 Å². The van der Waals surface area contributed by atoms with Gasteiger partial charge in [-0.2, -0.15) is 0 Å². The van der Waals surface area contributed by atoms with Gasteiger partial charge in [-0.15, -0.1) is 0 Å². The standard InChI is InChI=1S/C20H20N4O3/c1-26-16-6-4-5-15(13-16)23-9-11-24(12-10-23)20(25)19-14-18(22-27-19)17-7-2-3-8-21-17/h2-8,13-14H,9-12H2,1H3. The molecule has 1 saturated heterocycles. The molecule has 138 valence electrons. The Labute approximate surface area is 157 Å². The van der Waals surface area contributed by atoms with Crippen molar-refractivity contribution in [3.8, 4) is 17.1 Å². The van der Waals surface area contributed by atoms with E-state index in [1.807, 2.05) is 36.4 Å². The van der Waals surface area contributed by atoms with Crippen LogP contribution >= 0.6 is 0 Å². The van der Waals surface area contributed by atoms with Crippen molar-refractivity contribution >= 4 is 11.6 Å². The molecule has 0 unspecified atom stereocenters. The van der Waals surface area contributed by atoms with Crippen molar-refractivity contribution < 1.29 is 14.1 Å². The normalized spacial score (nSPS) is 14.3. The summed E-state index contributed by atoms with van der Waals surface area (Å²) >= 11 is 0. The minimum Gasteiger partial charge on any atom is -0.497 e. The van der Waals surface area contributed by atoms with Gasteiger partial charge in [0, 0.05) is 50.2 Å². The molecule has 2 aromatic heterocycles. The molecule has 0 aliphatic carbocycles. The molecule has 0 bridgehead atoms. The van der Waals surface area contributed by atoms with Gasteiger partial charge in [-0.1, -0.05) is 17.3 Å². The van der Waals surface area contributed by atoms with Crippen LogP contribution in [0.1, 0.15) is 10.6 Å². The van der Waals surface area contributed by atoms with E-state index in [-0.39, 0.29) is 11.7 Å². The second kappa shape index (κ2) is 7.49. The monoisotopic (exact) mass is 364 g/mol. The van der Waals surface area contributed by atoms with Crippen molar-refractivity contribution in [1.29, 1.82) is 0 Å². The Morgan fingerprint density at radius 2 is 1.89 bits per heavy atom. The second-order valence-corrected chi connectivity index (χ2v) is 6.27. The molecule has 3 aromatic rings. The SMILES string of the molecule is COc1cccc(N2CCN(C(=O)c3cc(-c4ccccn4)no3)CC2)c1. The van der Waals surface area contributed by atoms with E-state index < -0.39 is 0 Å². The summed E-state index contributed by atoms with van der Waals surface area (Å²) in [6.07, 6.45) is 1.68. The lowest BCUT2D eigenvalue weighted by atomic mass is 10.2. The smallest absolute Gasteiger partial charge is 0.292 e. The lowest BCUT2D eigenvalue weighted by molar-refractivity contribution is 0.0705. The van der Waals surface area contributed by atoms with Crippen molar-refractivity contribution in [2.24, 2.45) is 0 Å². The predicted molar refractivity (Wildman–Crippen MR) is 101 cm³/mol. The van der Waals surface area contributed by atoms with Crippen LogP contribution in [0.5, 0.6) is 5.75 Å². The van der Waals surface area contributed by atoms with Crippen LogP contribution in [0.3, 0.4) is 0 Å². The van der Waals surface area contributed by atoms with Crippen LogP contribution in [-0.4, -0.2) is 54.2 Å². The second-order valence-electron chi connectivity index (χ2n) is 6.27. The first-order valence-corrected chi connectivity index (χ1v) is 8.81. The number of hydrogen-bond donors (Lipinski definition) is 0. The van der Waals surface area contributed by atoms with E-state index in [0.717, 1.165) is 24.5 Å². The van der Waals surface area contributed by atoms with E-state index in [4.69, 9.17) is 9.26 Å². The average molecular weight is 364 g/mol. The summed E-state index contributed by atoms with van der Waals surface area (Å²) in [6.45, 7) is 2.74. The number of piperazine rings is 1. The molecule has 1 fully saturated rings. The van der Waals surface area contributed by atoms with Gasteiger partial charge in [0.05, 0.1) is 12.8 Å². The zero-order valence-corrected chi connectivity index (χ0v) is 15.0. The molecule has 27 heavy (non-hydrogen) atoms. The number of aromatic nitrogens is 2. The Bertz CT molecular complexity index is 918. The molecular weight excluding hydrogens is 344 g/mol. The van der Waals surface area contributed by atoms with Gasteiger partial charge >= 0.3 is 0 Å². The zero-order valence-electron chi connectivity index (χ0n) is 15.0. The third-order valence-electron chi connectivity index (χ3n) is 4.63. The number of hydrogen-bond acceptors (Lipinski definition) is 6. The van der Waals surface area contributed by atoms with Crippen LogP contribution in [-0.2, 0) is 0 Å². The van der Waals surface area contributed by atoms with E-state index in [0.29, 0.717) is 24.5 Å². The maximum Gasteiger partial charge on any atom is 0.292 e. The molecule has 1 aliphatic heterocycles. The summed E-state index contributed by atoms with van der Waals surface area (Å²) < 4.78 is 10.6. The summed E-state index contributed by atoms with van der Waals surface area (Å²) in [5, 5.41) is 3.97. The number of ether oxygens (including phenoxy) is 1. The van der Waals surface area contributed by atoms with Gasteiger partial charge in [0.15, 0.2) is 0 Å². The molecular formula is C20H20N4O3. The molecule has 4 rings (SSSR count). The first kappa shape index (κ1) is 17.1. The molecule has 0 saturated carbocycles. The van der Waals surface area contributed by atoms with Crippen LogP contribution in [0, 0.1) is 0 Å². The van der Waals surface area contributed by atoms with Gasteiger partial charge in [-0.3, -0.25) is 9.78 Å². The summed E-state index contributed by atoms with van der Waals surface area (Å²) in [5.41, 5.74) is 2.34. The maximum atomic E-state index is 12.7. The molecule has 1 aromatic carbocycles. The minimum absolute atomic E-state index is 0.144. The number of nitrogens with zero attached hydrogens (tertiary/aromatic N) is 4. The molecule has 0 atom stereocenters. The Morgan fingerprint density at radius 1 is 1.04 bits per heavy atom. The molecule has 3 heterocycles. The Kier molecular flexibility index (Phi) is 4.74. The van der Waals surface area contributed by atoms with Crippen LogP contribution in [0.25, 0.3) is 11.4 Å². The number of pyridine rings is 1. The maximum absolute atomic E-state index is 12.7. The van der Waals surface area contributed by atoms with Crippen LogP contribution < -0.4 is 9.64 Å². The van der Waals surface area contributed by atoms with E-state index >= 15 is 0 Å². The first-order valence-electron chi connectivity index (χ1n) is 8.81. The molecule has 7 heteroatoms. The number of benzene rings is 1. The van der Waals surface area contributed by atoms with E-state index in [1.165, 1.54) is 0 Å². The number of rotatable bonds is 4. The molecule has 0 N–H and O–H groups in total. The van der Waals surface area contributed by atoms with Crippen molar-refractivity contribution in [3.05, 3.63) is 60.5 Å². The fourth-order valence-electron chi connectivity index (χ4n) is 3.14. The average Bonchev–Trinajstić information content (AvgIpc) is 3.24. The van der Waals surface area contributed by atoms with E-state index in [9.17, 15) is 4.79 Å². The number of amides is 1. The Hall–Kier alpha value is -3.35. The topological polar surface area (TPSA) is 71.7 Å². The highest BCUT2D eigenvalue weighted by Crippen LogP contribution is 2.23. The van der Waals surface area contributed by atoms with Crippen LogP contribution in [0.15, 0.2) is 59.3 Å². The number of carbonyl (C=O) groups is 1. The summed E-state index contributed by atoms with van der Waals surface area (Å²) in [5.74, 6) is 0.926. The van der Waals surface area contributed by atoms with Gasteiger partial charge in [0.1, 0.15) is 11.4 Å². The summed E-state index contributed by atoms with van der Waals surface area (Å²) in [7, 11) is 1.66. The lowest BCUT2D eigenvalue weighted by Gasteiger charge is -2.35. The third kappa shape index (κ3) is 3.62. The number of anilines is 1. The van der Waals surface area contributed by atoms with Gasteiger partial charge < -0.3 is 19.1 Å². The largest absolute Gasteiger partial charge is 0.497 e. The highest BCUT2D eigenvalue weighted by atomic mass is 16.5. The van der Waals surface area contributed by atoms with Gasteiger partial charge in [0.2, 0.25) is 5.76 Å². The van der Waals surface area contributed by atoms with Gasteiger partial charge in [-0.05, 0) is 24.3 Å². The molecule has 7 nitrogen and oxygen atoms in total. The molecule has 0 radical (unpaired) electrons. The highest BCUT2D eigenvalue weighted by Gasteiger charge is 2.25. The lowest BCUT2D eigenvalue weighted by Crippen LogP contribution is -2.48. The molecule has 0 spiro atoms.